The summed E-state index contributed by atoms with van der Waals surface area (Å²) in [6, 6.07) is 12.9. The first-order valence-corrected chi connectivity index (χ1v) is 13.5. The number of ketones is 4. The van der Waals surface area contributed by atoms with Gasteiger partial charge in [-0.2, -0.15) is 0 Å². The van der Waals surface area contributed by atoms with Crippen LogP contribution in [0.1, 0.15) is 41.4 Å². The second-order valence-corrected chi connectivity index (χ2v) is 9.55. The SMILES string of the molecule is COc1c(C(=O)C(=O)c2ccc(O)cc2)cc(-c2cc(C(=O)C(=O)c3ccc(O)cc3)c(OC)c(OC)c2OC)c(OC)c1OC. The summed E-state index contributed by atoms with van der Waals surface area (Å²) in [5, 5.41) is 19.3. The molecule has 12 nitrogen and oxygen atoms in total. The topological polar surface area (TPSA) is 164 Å². The number of ether oxygens (including phenoxy) is 6. The highest BCUT2D eigenvalue weighted by Gasteiger charge is 2.34. The molecule has 12 heteroatoms. The van der Waals surface area contributed by atoms with Gasteiger partial charge in [-0.05, 0) is 60.7 Å². The zero-order valence-electron chi connectivity index (χ0n) is 25.8. The van der Waals surface area contributed by atoms with Crippen LogP contribution in [0.2, 0.25) is 0 Å². The third-order valence-corrected chi connectivity index (χ3v) is 7.06. The number of carbonyl (C=O) groups excluding carboxylic acids is 4. The number of rotatable bonds is 13. The molecule has 2 N–H and O–H groups in total. The lowest BCUT2D eigenvalue weighted by Crippen LogP contribution is -2.17. The number of benzene rings is 4. The highest BCUT2D eigenvalue weighted by Crippen LogP contribution is 2.53. The van der Waals surface area contributed by atoms with Crippen molar-refractivity contribution in [3.63, 3.8) is 0 Å². The van der Waals surface area contributed by atoms with Crippen LogP contribution in [0, 0.1) is 0 Å². The Morgan fingerprint density at radius 3 is 0.957 bits per heavy atom. The van der Waals surface area contributed by atoms with Crippen LogP contribution < -0.4 is 28.4 Å². The second-order valence-electron chi connectivity index (χ2n) is 9.55. The molecule has 0 amide bonds. The predicted octanol–water partition coefficient (Wildman–Crippen LogP) is 4.95. The van der Waals surface area contributed by atoms with Gasteiger partial charge in [0.15, 0.2) is 23.0 Å². The molecule has 4 aromatic rings. The molecule has 0 radical (unpaired) electrons. The van der Waals surface area contributed by atoms with Crippen LogP contribution in [-0.4, -0.2) is 76.0 Å². The third-order valence-electron chi connectivity index (χ3n) is 7.06. The first kappa shape index (κ1) is 32.9. The van der Waals surface area contributed by atoms with E-state index < -0.39 is 23.1 Å². The molecule has 0 heterocycles. The Morgan fingerprint density at radius 2 is 0.696 bits per heavy atom. The fourth-order valence-electron chi connectivity index (χ4n) is 4.90. The van der Waals surface area contributed by atoms with E-state index >= 15 is 0 Å². The van der Waals surface area contributed by atoms with Gasteiger partial charge in [-0.1, -0.05) is 0 Å². The average Bonchev–Trinajstić information content (AvgIpc) is 3.08. The van der Waals surface area contributed by atoms with Gasteiger partial charge in [0.25, 0.3) is 0 Å². The molecule has 0 unspecified atom stereocenters. The van der Waals surface area contributed by atoms with E-state index in [0.717, 1.165) is 0 Å². The van der Waals surface area contributed by atoms with Crippen LogP contribution in [0.4, 0.5) is 0 Å². The van der Waals surface area contributed by atoms with E-state index in [-0.39, 0.29) is 79.4 Å². The van der Waals surface area contributed by atoms with Gasteiger partial charge >= 0.3 is 0 Å². The smallest absolute Gasteiger partial charge is 0.237 e. The summed E-state index contributed by atoms with van der Waals surface area (Å²) in [6.07, 6.45) is 0. The molecular weight excluding hydrogens is 600 g/mol. The molecule has 0 saturated heterocycles. The molecule has 0 bridgehead atoms. The number of phenolic OH excluding ortho intramolecular Hbond substituents is 2. The van der Waals surface area contributed by atoms with E-state index in [1.54, 1.807) is 0 Å². The van der Waals surface area contributed by atoms with E-state index in [2.05, 4.69) is 0 Å². The summed E-state index contributed by atoms with van der Waals surface area (Å²) in [7, 11) is 7.83. The van der Waals surface area contributed by atoms with Crippen LogP contribution in [0.3, 0.4) is 0 Å². The number of Topliss-reactive ketones (excluding diaryl/α,β-unsaturated/α-hetero) is 4. The Balaban J connectivity index is 2.03. The molecule has 0 aromatic heterocycles. The Hall–Kier alpha value is -6.04. The van der Waals surface area contributed by atoms with Gasteiger partial charge < -0.3 is 38.6 Å². The summed E-state index contributed by atoms with van der Waals surface area (Å²) >= 11 is 0. The largest absolute Gasteiger partial charge is 0.508 e. The molecule has 0 fully saturated rings. The van der Waals surface area contributed by atoms with Crippen molar-refractivity contribution in [1.82, 2.24) is 0 Å². The zero-order chi connectivity index (χ0) is 33.7. The number of carbonyl (C=O) groups is 4. The maximum atomic E-state index is 13.7. The summed E-state index contributed by atoms with van der Waals surface area (Å²) in [5.41, 5.74) is -0.232. The second kappa shape index (κ2) is 13.7. The first-order valence-electron chi connectivity index (χ1n) is 13.5. The standard InChI is InChI=1S/C34H30O12/c1-41-29-21(15-23(31(43-3)33(29)45-5)27(39)25(37)17-7-11-19(35)12-8-17)22-16-24(32(44-4)34(46-6)30(22)42-2)28(40)26(38)18-9-13-20(36)14-10-18/h7-16,35-36H,1-6H3. The molecule has 4 rings (SSSR count). The molecule has 0 aliphatic carbocycles. The minimum Gasteiger partial charge on any atom is -0.508 e. The van der Waals surface area contributed by atoms with Crippen molar-refractivity contribution in [3.05, 3.63) is 82.9 Å². The van der Waals surface area contributed by atoms with Crippen molar-refractivity contribution in [2.75, 3.05) is 42.7 Å². The number of phenols is 2. The quantitative estimate of drug-likeness (QED) is 0.151. The van der Waals surface area contributed by atoms with Crippen LogP contribution in [-0.2, 0) is 0 Å². The van der Waals surface area contributed by atoms with Gasteiger partial charge in [-0.3, -0.25) is 19.2 Å². The molecule has 0 aliphatic rings. The monoisotopic (exact) mass is 630 g/mol. The maximum absolute atomic E-state index is 13.7. The number of hydrogen-bond donors (Lipinski definition) is 2. The third kappa shape index (κ3) is 5.87. The Bertz CT molecular complexity index is 1690. The van der Waals surface area contributed by atoms with Gasteiger partial charge in [0, 0.05) is 22.3 Å². The van der Waals surface area contributed by atoms with Crippen LogP contribution in [0.5, 0.6) is 46.0 Å². The normalized spacial score (nSPS) is 10.5. The number of aromatic hydroxyl groups is 2. The van der Waals surface area contributed by atoms with Crippen molar-refractivity contribution in [2.24, 2.45) is 0 Å². The minimum atomic E-state index is -0.983. The van der Waals surface area contributed by atoms with Gasteiger partial charge in [0.05, 0.1) is 53.8 Å². The Labute approximate surface area is 263 Å². The predicted molar refractivity (Wildman–Crippen MR) is 165 cm³/mol. The van der Waals surface area contributed by atoms with Crippen molar-refractivity contribution in [3.8, 4) is 57.1 Å². The maximum Gasteiger partial charge on any atom is 0.237 e. The van der Waals surface area contributed by atoms with Crippen molar-refractivity contribution in [1.29, 1.82) is 0 Å². The van der Waals surface area contributed by atoms with Crippen molar-refractivity contribution < 1.29 is 57.8 Å². The van der Waals surface area contributed by atoms with E-state index in [4.69, 9.17) is 28.4 Å². The van der Waals surface area contributed by atoms with E-state index in [0.29, 0.717) is 0 Å². The van der Waals surface area contributed by atoms with E-state index in [9.17, 15) is 29.4 Å². The van der Waals surface area contributed by atoms with Gasteiger partial charge in [0.2, 0.25) is 34.6 Å². The highest BCUT2D eigenvalue weighted by molar-refractivity contribution is 6.50. The molecule has 0 saturated carbocycles. The molecule has 0 spiro atoms. The molecular formula is C34H30O12. The Morgan fingerprint density at radius 1 is 0.413 bits per heavy atom. The average molecular weight is 631 g/mol. The van der Waals surface area contributed by atoms with Gasteiger partial charge in [-0.25, -0.2) is 0 Å². The van der Waals surface area contributed by atoms with Crippen LogP contribution in [0.15, 0.2) is 60.7 Å². The highest BCUT2D eigenvalue weighted by atomic mass is 16.5. The summed E-state index contributed by atoms with van der Waals surface area (Å²) in [6.45, 7) is 0. The first-order chi connectivity index (χ1) is 22.1. The van der Waals surface area contributed by atoms with Gasteiger partial charge in [-0.15, -0.1) is 0 Å². The summed E-state index contributed by atoms with van der Waals surface area (Å²) in [5.74, 6) is -4.26. The lowest BCUT2D eigenvalue weighted by Gasteiger charge is -2.22. The van der Waals surface area contributed by atoms with Gasteiger partial charge in [0.1, 0.15) is 11.5 Å². The van der Waals surface area contributed by atoms with E-state index in [1.165, 1.54) is 103 Å². The minimum absolute atomic E-state index is 0.00510. The molecule has 0 atom stereocenters. The fraction of sp³-hybridized carbons (Fsp3) is 0.176. The van der Waals surface area contributed by atoms with Crippen LogP contribution in [0.25, 0.3) is 11.1 Å². The fourth-order valence-corrected chi connectivity index (χ4v) is 4.90. The lowest BCUT2D eigenvalue weighted by atomic mass is 9.91. The Kier molecular flexibility index (Phi) is 9.80. The molecule has 0 aliphatic heterocycles. The van der Waals surface area contributed by atoms with Crippen LogP contribution >= 0.6 is 0 Å². The van der Waals surface area contributed by atoms with Crippen molar-refractivity contribution in [2.45, 2.75) is 0 Å². The molecule has 238 valence electrons. The zero-order valence-corrected chi connectivity index (χ0v) is 25.8. The summed E-state index contributed by atoms with van der Waals surface area (Å²) in [4.78, 5) is 54.0. The summed E-state index contributed by atoms with van der Waals surface area (Å²) < 4.78 is 33.5. The molecule has 46 heavy (non-hydrogen) atoms. The van der Waals surface area contributed by atoms with Crippen molar-refractivity contribution >= 4 is 23.1 Å². The molecule has 4 aromatic carbocycles. The number of methoxy groups -OCH3 is 6. The van der Waals surface area contributed by atoms with E-state index in [1.807, 2.05) is 0 Å². The number of hydrogen-bond acceptors (Lipinski definition) is 12. The lowest BCUT2D eigenvalue weighted by molar-refractivity contribution is 0.0814.